The van der Waals surface area contributed by atoms with Gasteiger partial charge in [0, 0.05) is 24.5 Å². The fourth-order valence-electron chi connectivity index (χ4n) is 3.74. The van der Waals surface area contributed by atoms with Crippen molar-refractivity contribution in [1.82, 2.24) is 15.3 Å². The molecule has 0 aliphatic carbocycles. The van der Waals surface area contributed by atoms with Crippen LogP contribution >= 0.6 is 0 Å². The lowest BCUT2D eigenvalue weighted by molar-refractivity contribution is 0.221. The normalized spacial score (nSPS) is 22.2. The number of aromatic nitrogens is 2. The molecule has 1 aromatic heterocycles. The van der Waals surface area contributed by atoms with E-state index in [9.17, 15) is 0 Å². The highest BCUT2D eigenvalue weighted by molar-refractivity contribution is 5.32. The van der Waals surface area contributed by atoms with Crippen molar-refractivity contribution in [2.24, 2.45) is 11.8 Å². The Kier molecular flexibility index (Phi) is 4.20. The van der Waals surface area contributed by atoms with Gasteiger partial charge in [0.2, 0.25) is 5.95 Å². The van der Waals surface area contributed by atoms with E-state index >= 15 is 0 Å². The van der Waals surface area contributed by atoms with Gasteiger partial charge in [-0.05, 0) is 70.5 Å². The van der Waals surface area contributed by atoms with Gasteiger partial charge < -0.3 is 10.2 Å². The van der Waals surface area contributed by atoms with Gasteiger partial charge in [0.05, 0.1) is 0 Å². The van der Waals surface area contributed by atoms with Gasteiger partial charge in [0.15, 0.2) is 0 Å². The summed E-state index contributed by atoms with van der Waals surface area (Å²) in [5.41, 5.74) is 2.15. The fraction of sp³-hybridized carbons (Fsp3) is 0.750. The Morgan fingerprint density at radius 1 is 0.950 bits per heavy atom. The van der Waals surface area contributed by atoms with E-state index in [1.165, 1.54) is 38.8 Å². The largest absolute Gasteiger partial charge is 0.341 e. The Labute approximate surface area is 122 Å². The third-order valence-corrected chi connectivity index (χ3v) is 4.84. The van der Waals surface area contributed by atoms with Crippen LogP contribution in [0.15, 0.2) is 6.07 Å². The molecule has 20 heavy (non-hydrogen) atoms. The SMILES string of the molecule is Cc1cc(C)nc(N2CCC(C3CCNCC3)CC2)n1. The first kappa shape index (κ1) is 13.8. The topological polar surface area (TPSA) is 41.1 Å². The minimum absolute atomic E-state index is 0.916. The number of aryl methyl sites for hydroxylation is 2. The average Bonchev–Trinajstić information content (AvgIpc) is 2.47. The molecule has 110 valence electrons. The maximum Gasteiger partial charge on any atom is 0.225 e. The third kappa shape index (κ3) is 3.11. The molecule has 0 amide bonds. The zero-order valence-electron chi connectivity index (χ0n) is 12.7. The first-order valence-electron chi connectivity index (χ1n) is 8.00. The zero-order valence-corrected chi connectivity index (χ0v) is 12.7. The number of nitrogens with one attached hydrogen (secondary N) is 1. The molecule has 0 bridgehead atoms. The minimum Gasteiger partial charge on any atom is -0.341 e. The highest BCUT2D eigenvalue weighted by atomic mass is 15.3. The Hall–Kier alpha value is -1.16. The van der Waals surface area contributed by atoms with Crippen LogP contribution in [-0.2, 0) is 0 Å². The van der Waals surface area contributed by atoms with E-state index < -0.39 is 0 Å². The average molecular weight is 274 g/mol. The van der Waals surface area contributed by atoms with Crippen LogP contribution in [0, 0.1) is 25.7 Å². The summed E-state index contributed by atoms with van der Waals surface area (Å²) >= 11 is 0. The summed E-state index contributed by atoms with van der Waals surface area (Å²) in [6.45, 7) is 8.78. The van der Waals surface area contributed by atoms with Crippen molar-refractivity contribution < 1.29 is 0 Å². The molecule has 0 spiro atoms. The molecule has 1 N–H and O–H groups in total. The molecule has 2 aliphatic rings. The van der Waals surface area contributed by atoms with Gasteiger partial charge in [-0.25, -0.2) is 9.97 Å². The molecule has 0 unspecified atom stereocenters. The Morgan fingerprint density at radius 2 is 1.50 bits per heavy atom. The lowest BCUT2D eigenvalue weighted by Gasteiger charge is -2.37. The first-order chi connectivity index (χ1) is 9.72. The maximum absolute atomic E-state index is 4.60. The van der Waals surface area contributed by atoms with Crippen molar-refractivity contribution in [3.63, 3.8) is 0 Å². The lowest BCUT2D eigenvalue weighted by atomic mass is 9.79. The highest BCUT2D eigenvalue weighted by Crippen LogP contribution is 2.31. The summed E-state index contributed by atoms with van der Waals surface area (Å²) in [6.07, 6.45) is 5.34. The van der Waals surface area contributed by atoms with Crippen molar-refractivity contribution in [2.45, 2.75) is 39.5 Å². The molecular weight excluding hydrogens is 248 g/mol. The molecule has 0 aromatic carbocycles. The van der Waals surface area contributed by atoms with Crippen LogP contribution in [0.3, 0.4) is 0 Å². The second kappa shape index (κ2) is 6.08. The van der Waals surface area contributed by atoms with Crippen LogP contribution in [-0.4, -0.2) is 36.1 Å². The van der Waals surface area contributed by atoms with E-state index in [1.807, 2.05) is 6.07 Å². The predicted molar refractivity (Wildman–Crippen MR) is 82.0 cm³/mol. The summed E-state index contributed by atoms with van der Waals surface area (Å²) in [6, 6.07) is 2.05. The van der Waals surface area contributed by atoms with E-state index in [2.05, 4.69) is 34.0 Å². The van der Waals surface area contributed by atoms with Crippen LogP contribution in [0.2, 0.25) is 0 Å². The Morgan fingerprint density at radius 3 is 2.10 bits per heavy atom. The summed E-state index contributed by atoms with van der Waals surface area (Å²) in [7, 11) is 0. The van der Waals surface area contributed by atoms with Gasteiger partial charge in [0.1, 0.15) is 0 Å². The molecule has 0 atom stereocenters. The highest BCUT2D eigenvalue weighted by Gasteiger charge is 2.28. The summed E-state index contributed by atoms with van der Waals surface area (Å²) in [5.74, 6) is 2.80. The molecule has 4 heteroatoms. The molecule has 2 saturated heterocycles. The number of anilines is 1. The van der Waals surface area contributed by atoms with Crippen LogP contribution in [0.1, 0.15) is 37.1 Å². The molecule has 3 heterocycles. The summed E-state index contributed by atoms with van der Waals surface area (Å²) < 4.78 is 0. The first-order valence-corrected chi connectivity index (χ1v) is 8.00. The Balaban J connectivity index is 1.60. The van der Waals surface area contributed by atoms with Crippen LogP contribution in [0.5, 0.6) is 0 Å². The van der Waals surface area contributed by atoms with Gasteiger partial charge >= 0.3 is 0 Å². The van der Waals surface area contributed by atoms with E-state index in [0.717, 1.165) is 42.3 Å². The van der Waals surface area contributed by atoms with Crippen LogP contribution in [0.4, 0.5) is 5.95 Å². The van der Waals surface area contributed by atoms with Gasteiger partial charge in [-0.1, -0.05) is 0 Å². The number of piperidine rings is 2. The quantitative estimate of drug-likeness (QED) is 0.898. The van der Waals surface area contributed by atoms with Crippen molar-refractivity contribution >= 4 is 5.95 Å². The smallest absolute Gasteiger partial charge is 0.225 e. The van der Waals surface area contributed by atoms with Crippen molar-refractivity contribution in [2.75, 3.05) is 31.1 Å². The second-order valence-corrected chi connectivity index (χ2v) is 6.36. The molecule has 0 radical (unpaired) electrons. The molecule has 2 fully saturated rings. The molecular formula is C16H26N4. The number of hydrogen-bond acceptors (Lipinski definition) is 4. The van der Waals surface area contributed by atoms with Crippen LogP contribution in [0.25, 0.3) is 0 Å². The fourth-order valence-corrected chi connectivity index (χ4v) is 3.74. The molecule has 1 aromatic rings. The number of nitrogens with zero attached hydrogens (tertiary/aromatic N) is 3. The van der Waals surface area contributed by atoms with E-state index in [1.54, 1.807) is 0 Å². The third-order valence-electron chi connectivity index (χ3n) is 4.84. The molecule has 3 rings (SSSR count). The van der Waals surface area contributed by atoms with E-state index in [-0.39, 0.29) is 0 Å². The summed E-state index contributed by atoms with van der Waals surface area (Å²) in [4.78, 5) is 11.6. The van der Waals surface area contributed by atoms with E-state index in [4.69, 9.17) is 0 Å². The lowest BCUT2D eigenvalue weighted by Crippen LogP contribution is -2.40. The van der Waals surface area contributed by atoms with Gasteiger partial charge in [-0.15, -0.1) is 0 Å². The van der Waals surface area contributed by atoms with E-state index in [0.29, 0.717) is 0 Å². The van der Waals surface area contributed by atoms with Crippen molar-refractivity contribution in [1.29, 1.82) is 0 Å². The van der Waals surface area contributed by atoms with Crippen molar-refractivity contribution in [3.8, 4) is 0 Å². The number of hydrogen-bond donors (Lipinski definition) is 1. The standard InChI is InChI=1S/C16H26N4/c1-12-11-13(2)19-16(18-12)20-9-5-15(6-10-20)14-3-7-17-8-4-14/h11,14-15,17H,3-10H2,1-2H3. The maximum atomic E-state index is 4.60. The molecule has 4 nitrogen and oxygen atoms in total. The van der Waals surface area contributed by atoms with Gasteiger partial charge in [-0.3, -0.25) is 0 Å². The van der Waals surface area contributed by atoms with Crippen LogP contribution < -0.4 is 10.2 Å². The Bertz CT molecular complexity index is 426. The molecule has 0 saturated carbocycles. The number of rotatable bonds is 2. The van der Waals surface area contributed by atoms with Gasteiger partial charge in [0.25, 0.3) is 0 Å². The minimum atomic E-state index is 0.916. The van der Waals surface area contributed by atoms with Gasteiger partial charge in [-0.2, -0.15) is 0 Å². The van der Waals surface area contributed by atoms with Crippen molar-refractivity contribution in [3.05, 3.63) is 17.5 Å². The second-order valence-electron chi connectivity index (χ2n) is 6.36. The predicted octanol–water partition coefficient (Wildman–Crippen LogP) is 2.31. The molecule has 2 aliphatic heterocycles. The summed E-state index contributed by atoms with van der Waals surface area (Å²) in [5, 5.41) is 3.47. The zero-order chi connectivity index (χ0) is 13.9. The monoisotopic (exact) mass is 274 g/mol.